The van der Waals surface area contributed by atoms with Crippen molar-refractivity contribution >= 4 is 5.91 Å². The minimum Gasteiger partial charge on any atom is -0.381 e. The van der Waals surface area contributed by atoms with Gasteiger partial charge in [0, 0.05) is 32.9 Å². The molecule has 1 aliphatic carbocycles. The van der Waals surface area contributed by atoms with Crippen LogP contribution in [0.5, 0.6) is 0 Å². The van der Waals surface area contributed by atoms with E-state index in [1.807, 2.05) is 11.8 Å². The van der Waals surface area contributed by atoms with Crippen LogP contribution in [-0.2, 0) is 14.3 Å². The molecule has 0 aromatic carbocycles. The lowest BCUT2D eigenvalue weighted by Crippen LogP contribution is -2.73. The number of likely N-dealkylation sites (N-methyl/N-ethyl adjacent to an activating group) is 1. The highest BCUT2D eigenvalue weighted by molar-refractivity contribution is 5.78. The largest absolute Gasteiger partial charge is 0.381 e. The third kappa shape index (κ3) is 3.63. The molecule has 0 bridgehead atoms. The van der Waals surface area contributed by atoms with Crippen LogP contribution in [0.15, 0.2) is 0 Å². The highest BCUT2D eigenvalue weighted by Gasteiger charge is 2.50. The highest BCUT2D eigenvalue weighted by atomic mass is 16.5. The number of rotatable bonds is 7. The molecule has 0 aromatic heterocycles. The summed E-state index contributed by atoms with van der Waals surface area (Å²) in [6, 6.07) is 0. The van der Waals surface area contributed by atoms with Gasteiger partial charge in [0.15, 0.2) is 0 Å². The molecule has 1 saturated carbocycles. The summed E-state index contributed by atoms with van der Waals surface area (Å²) in [6.45, 7) is 7.44. The van der Waals surface area contributed by atoms with E-state index < -0.39 is 0 Å². The quantitative estimate of drug-likeness (QED) is 0.712. The van der Waals surface area contributed by atoms with E-state index in [4.69, 9.17) is 9.47 Å². The van der Waals surface area contributed by atoms with Crippen LogP contribution in [0.2, 0.25) is 0 Å². The van der Waals surface area contributed by atoms with Crippen molar-refractivity contribution < 1.29 is 14.3 Å². The van der Waals surface area contributed by atoms with Gasteiger partial charge >= 0.3 is 0 Å². The molecule has 0 aromatic rings. The number of ether oxygens (including phenoxy) is 2. The van der Waals surface area contributed by atoms with Gasteiger partial charge in [-0.3, -0.25) is 9.69 Å². The van der Waals surface area contributed by atoms with Gasteiger partial charge in [0.2, 0.25) is 5.91 Å². The van der Waals surface area contributed by atoms with Crippen molar-refractivity contribution in [2.75, 3.05) is 53.1 Å². The number of nitrogens with zero attached hydrogens (tertiary/aromatic N) is 2. The molecule has 3 fully saturated rings. The fourth-order valence-corrected chi connectivity index (χ4v) is 3.73. The van der Waals surface area contributed by atoms with E-state index in [1.54, 1.807) is 0 Å². The van der Waals surface area contributed by atoms with Crippen LogP contribution in [0.1, 0.15) is 32.6 Å². The Bertz CT molecular complexity index is 391. The molecule has 2 aliphatic heterocycles. The zero-order valence-electron chi connectivity index (χ0n) is 14.1. The maximum absolute atomic E-state index is 12.0. The van der Waals surface area contributed by atoms with Crippen LogP contribution < -0.4 is 0 Å². The molecule has 1 amide bonds. The third-order valence-corrected chi connectivity index (χ3v) is 5.51. The molecule has 2 heterocycles. The second-order valence-electron chi connectivity index (χ2n) is 7.37. The fourth-order valence-electron chi connectivity index (χ4n) is 3.73. The van der Waals surface area contributed by atoms with Crippen molar-refractivity contribution in [3.8, 4) is 0 Å². The predicted molar refractivity (Wildman–Crippen MR) is 84.7 cm³/mol. The van der Waals surface area contributed by atoms with Gasteiger partial charge in [-0.2, -0.15) is 0 Å². The van der Waals surface area contributed by atoms with Crippen LogP contribution in [0, 0.1) is 11.8 Å². The molecule has 3 aliphatic rings. The normalized spacial score (nSPS) is 27.9. The molecular weight excluding hydrogens is 280 g/mol. The summed E-state index contributed by atoms with van der Waals surface area (Å²) in [7, 11) is 2.20. The summed E-state index contributed by atoms with van der Waals surface area (Å²) in [5.41, 5.74) is 0.188. The van der Waals surface area contributed by atoms with Crippen LogP contribution >= 0.6 is 0 Å². The van der Waals surface area contributed by atoms with E-state index in [2.05, 4.69) is 11.9 Å². The van der Waals surface area contributed by atoms with Gasteiger partial charge < -0.3 is 14.4 Å². The number of amides is 1. The monoisotopic (exact) mass is 310 g/mol. The van der Waals surface area contributed by atoms with E-state index in [0.29, 0.717) is 12.5 Å². The Balaban J connectivity index is 1.44. The van der Waals surface area contributed by atoms with Gasteiger partial charge in [0.25, 0.3) is 0 Å². The fraction of sp³-hybridized carbons (Fsp3) is 0.941. The topological polar surface area (TPSA) is 42.0 Å². The SMILES string of the molecule is CCOCC(=O)N1CC2(CC(COCC3CC3)CCN2C)C1. The molecule has 1 atom stereocenters. The maximum Gasteiger partial charge on any atom is 0.248 e. The van der Waals surface area contributed by atoms with Gasteiger partial charge in [-0.05, 0) is 58.0 Å². The van der Waals surface area contributed by atoms with Crippen molar-refractivity contribution in [1.82, 2.24) is 9.80 Å². The lowest BCUT2D eigenvalue weighted by atomic mass is 9.75. The number of hydrogen-bond acceptors (Lipinski definition) is 4. The first-order valence-electron chi connectivity index (χ1n) is 8.77. The van der Waals surface area contributed by atoms with E-state index >= 15 is 0 Å². The zero-order chi connectivity index (χ0) is 15.6. The first-order valence-corrected chi connectivity index (χ1v) is 8.77. The smallest absolute Gasteiger partial charge is 0.248 e. The van der Waals surface area contributed by atoms with Crippen LogP contribution in [-0.4, -0.2) is 74.4 Å². The van der Waals surface area contributed by atoms with E-state index in [9.17, 15) is 4.79 Å². The molecule has 5 heteroatoms. The van der Waals surface area contributed by atoms with E-state index in [-0.39, 0.29) is 18.1 Å². The molecule has 126 valence electrons. The first-order chi connectivity index (χ1) is 10.6. The van der Waals surface area contributed by atoms with Crippen LogP contribution in [0.4, 0.5) is 0 Å². The standard InChI is InChI=1S/C17H30N2O3/c1-3-21-11-16(20)19-12-17(13-19)8-15(6-7-18(17)2)10-22-9-14-4-5-14/h14-15H,3-13H2,1-2H3. The molecule has 1 spiro atoms. The lowest BCUT2D eigenvalue weighted by Gasteiger charge is -2.58. The predicted octanol–water partition coefficient (Wildman–Crippen LogP) is 1.37. The molecule has 22 heavy (non-hydrogen) atoms. The summed E-state index contributed by atoms with van der Waals surface area (Å²) >= 11 is 0. The average molecular weight is 310 g/mol. The third-order valence-electron chi connectivity index (χ3n) is 5.51. The second kappa shape index (κ2) is 6.85. The minimum absolute atomic E-state index is 0.132. The summed E-state index contributed by atoms with van der Waals surface area (Å²) < 4.78 is 11.1. The Morgan fingerprint density at radius 3 is 2.55 bits per heavy atom. The second-order valence-corrected chi connectivity index (χ2v) is 7.37. The Labute approximate surface area is 133 Å². The summed E-state index contributed by atoms with van der Waals surface area (Å²) in [5.74, 6) is 1.63. The molecule has 5 nitrogen and oxygen atoms in total. The van der Waals surface area contributed by atoms with E-state index in [1.165, 1.54) is 19.3 Å². The summed E-state index contributed by atoms with van der Waals surface area (Å²) in [5, 5.41) is 0. The van der Waals surface area contributed by atoms with Crippen LogP contribution in [0.25, 0.3) is 0 Å². The molecule has 3 rings (SSSR count). The van der Waals surface area contributed by atoms with Crippen molar-refractivity contribution in [2.45, 2.75) is 38.1 Å². The zero-order valence-corrected chi connectivity index (χ0v) is 14.1. The number of carbonyl (C=O) groups is 1. The number of likely N-dealkylation sites (tertiary alicyclic amines) is 2. The number of carbonyl (C=O) groups excluding carboxylic acids is 1. The first kappa shape index (κ1) is 16.2. The Hall–Kier alpha value is -0.650. The van der Waals surface area contributed by atoms with E-state index in [0.717, 1.165) is 45.2 Å². The maximum atomic E-state index is 12.0. The summed E-state index contributed by atoms with van der Waals surface area (Å²) in [4.78, 5) is 16.4. The van der Waals surface area contributed by atoms with Crippen molar-refractivity contribution in [3.63, 3.8) is 0 Å². The minimum atomic E-state index is 0.132. The van der Waals surface area contributed by atoms with Crippen LogP contribution in [0.3, 0.4) is 0 Å². The van der Waals surface area contributed by atoms with Crippen molar-refractivity contribution in [1.29, 1.82) is 0 Å². The van der Waals surface area contributed by atoms with Gasteiger partial charge in [-0.25, -0.2) is 0 Å². The average Bonchev–Trinajstić information content (AvgIpc) is 3.28. The van der Waals surface area contributed by atoms with Gasteiger partial charge in [0.05, 0.1) is 5.54 Å². The number of piperidine rings is 1. The Morgan fingerprint density at radius 1 is 1.14 bits per heavy atom. The van der Waals surface area contributed by atoms with Gasteiger partial charge in [-0.15, -0.1) is 0 Å². The molecule has 1 unspecified atom stereocenters. The lowest BCUT2D eigenvalue weighted by molar-refractivity contribution is -0.155. The molecule has 0 N–H and O–H groups in total. The van der Waals surface area contributed by atoms with Crippen molar-refractivity contribution in [2.24, 2.45) is 11.8 Å². The van der Waals surface area contributed by atoms with Crippen molar-refractivity contribution in [3.05, 3.63) is 0 Å². The molecular formula is C17H30N2O3. The molecule has 0 radical (unpaired) electrons. The Kier molecular flexibility index (Phi) is 5.05. The number of hydrogen-bond donors (Lipinski definition) is 0. The summed E-state index contributed by atoms with van der Waals surface area (Å²) in [6.07, 6.45) is 5.09. The van der Waals surface area contributed by atoms with Gasteiger partial charge in [0.1, 0.15) is 6.61 Å². The van der Waals surface area contributed by atoms with Gasteiger partial charge in [-0.1, -0.05) is 0 Å². The Morgan fingerprint density at radius 2 is 1.86 bits per heavy atom. The molecule has 2 saturated heterocycles. The highest BCUT2D eigenvalue weighted by Crippen LogP contribution is 2.38.